The lowest BCUT2D eigenvalue weighted by Gasteiger charge is -2.51. The molecule has 18 heavy (non-hydrogen) atoms. The maximum Gasteiger partial charge on any atom is 0.0334 e. The van der Waals surface area contributed by atoms with Gasteiger partial charge in [-0.1, -0.05) is 40.0 Å². The van der Waals surface area contributed by atoms with Gasteiger partial charge in [-0.05, 0) is 43.6 Å². The summed E-state index contributed by atoms with van der Waals surface area (Å²) in [5.74, 6) is 2.64. The van der Waals surface area contributed by atoms with Crippen molar-refractivity contribution in [3.63, 3.8) is 0 Å². The minimum absolute atomic E-state index is 0.341. The first kappa shape index (κ1) is 14.3. The van der Waals surface area contributed by atoms with Gasteiger partial charge in [0.05, 0.1) is 0 Å². The molecule has 0 aromatic heterocycles. The molecule has 0 amide bonds. The summed E-state index contributed by atoms with van der Waals surface area (Å²) in [4.78, 5) is 2.76. The van der Waals surface area contributed by atoms with Gasteiger partial charge in [0.15, 0.2) is 0 Å². The SMILES string of the molecule is CCC1CCCC(CN)(N2CCC(C)C(C)C2)C1. The van der Waals surface area contributed by atoms with E-state index < -0.39 is 0 Å². The van der Waals surface area contributed by atoms with E-state index in [0.717, 1.165) is 24.3 Å². The van der Waals surface area contributed by atoms with E-state index in [1.165, 1.54) is 51.6 Å². The quantitative estimate of drug-likeness (QED) is 0.835. The fourth-order valence-electron chi connectivity index (χ4n) is 4.11. The van der Waals surface area contributed by atoms with E-state index >= 15 is 0 Å². The first-order valence-electron chi connectivity index (χ1n) is 8.06. The molecule has 4 unspecified atom stereocenters. The van der Waals surface area contributed by atoms with Crippen molar-refractivity contribution in [2.45, 2.75) is 64.8 Å². The van der Waals surface area contributed by atoms with E-state index in [1.54, 1.807) is 0 Å². The Balaban J connectivity index is 2.07. The van der Waals surface area contributed by atoms with Crippen molar-refractivity contribution < 1.29 is 0 Å². The molecule has 0 radical (unpaired) electrons. The van der Waals surface area contributed by atoms with Gasteiger partial charge in [-0.2, -0.15) is 0 Å². The fourth-order valence-corrected chi connectivity index (χ4v) is 4.11. The molecule has 2 fully saturated rings. The second kappa shape index (κ2) is 5.92. The van der Waals surface area contributed by atoms with Crippen molar-refractivity contribution in [3.8, 4) is 0 Å². The minimum atomic E-state index is 0.341. The van der Waals surface area contributed by atoms with Crippen LogP contribution in [0.3, 0.4) is 0 Å². The normalized spacial score (nSPS) is 43.0. The van der Waals surface area contributed by atoms with Crippen LogP contribution in [0.1, 0.15) is 59.3 Å². The molecule has 1 heterocycles. The van der Waals surface area contributed by atoms with Crippen molar-refractivity contribution in [2.75, 3.05) is 19.6 Å². The molecule has 2 N–H and O–H groups in total. The molecule has 4 atom stereocenters. The molecular weight excluding hydrogens is 220 g/mol. The highest BCUT2D eigenvalue weighted by molar-refractivity contribution is 4.98. The average Bonchev–Trinajstić information content (AvgIpc) is 2.41. The van der Waals surface area contributed by atoms with Gasteiger partial charge in [0.1, 0.15) is 0 Å². The van der Waals surface area contributed by atoms with E-state index in [9.17, 15) is 0 Å². The lowest BCUT2D eigenvalue weighted by Crippen LogP contribution is -2.59. The molecular formula is C16H32N2. The second-order valence-electron chi connectivity index (χ2n) is 6.99. The molecule has 0 aromatic carbocycles. The lowest BCUT2D eigenvalue weighted by atomic mass is 9.72. The van der Waals surface area contributed by atoms with Crippen LogP contribution < -0.4 is 5.73 Å². The van der Waals surface area contributed by atoms with Gasteiger partial charge in [-0.25, -0.2) is 0 Å². The third-order valence-electron chi connectivity index (χ3n) is 5.89. The highest BCUT2D eigenvalue weighted by atomic mass is 15.2. The lowest BCUT2D eigenvalue weighted by molar-refractivity contribution is -0.00735. The number of nitrogens with zero attached hydrogens (tertiary/aromatic N) is 1. The van der Waals surface area contributed by atoms with Crippen molar-refractivity contribution in [3.05, 3.63) is 0 Å². The van der Waals surface area contributed by atoms with Crippen LogP contribution in [0.25, 0.3) is 0 Å². The maximum atomic E-state index is 6.22. The fraction of sp³-hybridized carbons (Fsp3) is 1.00. The number of hydrogen-bond donors (Lipinski definition) is 1. The summed E-state index contributed by atoms with van der Waals surface area (Å²) < 4.78 is 0. The van der Waals surface area contributed by atoms with Crippen molar-refractivity contribution >= 4 is 0 Å². The zero-order valence-corrected chi connectivity index (χ0v) is 12.6. The maximum absolute atomic E-state index is 6.22. The standard InChI is InChI=1S/C16H32N2/c1-4-15-6-5-8-16(10-15,12-17)18-9-7-13(2)14(3)11-18/h13-15H,4-12,17H2,1-3H3. The molecule has 2 rings (SSSR count). The number of nitrogens with two attached hydrogens (primary N) is 1. The monoisotopic (exact) mass is 252 g/mol. The first-order valence-corrected chi connectivity index (χ1v) is 8.06. The summed E-state index contributed by atoms with van der Waals surface area (Å²) in [6.07, 6.45) is 8.19. The van der Waals surface area contributed by atoms with Crippen LogP contribution in [0.4, 0.5) is 0 Å². The predicted molar refractivity (Wildman–Crippen MR) is 78.6 cm³/mol. The van der Waals surface area contributed by atoms with Crippen LogP contribution in [0.2, 0.25) is 0 Å². The number of piperidine rings is 1. The van der Waals surface area contributed by atoms with Crippen LogP contribution in [-0.2, 0) is 0 Å². The smallest absolute Gasteiger partial charge is 0.0334 e. The topological polar surface area (TPSA) is 29.3 Å². The van der Waals surface area contributed by atoms with E-state index in [0.29, 0.717) is 5.54 Å². The van der Waals surface area contributed by atoms with Crippen molar-refractivity contribution in [1.82, 2.24) is 4.90 Å². The number of hydrogen-bond acceptors (Lipinski definition) is 2. The Hall–Kier alpha value is -0.0800. The molecule has 1 saturated carbocycles. The molecule has 2 aliphatic rings. The number of rotatable bonds is 3. The Morgan fingerprint density at radius 1 is 1.22 bits per heavy atom. The predicted octanol–water partition coefficient (Wildman–Crippen LogP) is 3.26. The molecule has 1 aliphatic carbocycles. The van der Waals surface area contributed by atoms with Gasteiger partial charge in [0.25, 0.3) is 0 Å². The second-order valence-corrected chi connectivity index (χ2v) is 6.99. The van der Waals surface area contributed by atoms with Gasteiger partial charge in [-0.3, -0.25) is 4.90 Å². The largest absolute Gasteiger partial charge is 0.329 e. The number of likely N-dealkylation sites (tertiary alicyclic amines) is 1. The Bertz CT molecular complexity index is 266. The van der Waals surface area contributed by atoms with Gasteiger partial charge < -0.3 is 5.73 Å². The van der Waals surface area contributed by atoms with Crippen molar-refractivity contribution in [2.24, 2.45) is 23.5 Å². The van der Waals surface area contributed by atoms with Gasteiger partial charge >= 0.3 is 0 Å². The molecule has 1 aliphatic heterocycles. The van der Waals surface area contributed by atoms with Crippen LogP contribution in [0, 0.1) is 17.8 Å². The van der Waals surface area contributed by atoms with E-state index in [-0.39, 0.29) is 0 Å². The summed E-state index contributed by atoms with van der Waals surface area (Å²) in [5.41, 5.74) is 6.57. The Morgan fingerprint density at radius 3 is 2.61 bits per heavy atom. The van der Waals surface area contributed by atoms with Crippen LogP contribution in [-0.4, -0.2) is 30.1 Å². The third-order valence-corrected chi connectivity index (χ3v) is 5.89. The summed E-state index contributed by atoms with van der Waals surface area (Å²) >= 11 is 0. The molecule has 0 bridgehead atoms. The van der Waals surface area contributed by atoms with Crippen LogP contribution >= 0.6 is 0 Å². The minimum Gasteiger partial charge on any atom is -0.329 e. The molecule has 0 aromatic rings. The molecule has 1 saturated heterocycles. The molecule has 106 valence electrons. The average molecular weight is 252 g/mol. The van der Waals surface area contributed by atoms with Crippen LogP contribution in [0.5, 0.6) is 0 Å². The molecule has 0 spiro atoms. The zero-order valence-electron chi connectivity index (χ0n) is 12.6. The summed E-state index contributed by atoms with van der Waals surface area (Å²) in [6, 6.07) is 0. The van der Waals surface area contributed by atoms with Gasteiger partial charge in [-0.15, -0.1) is 0 Å². The Labute approximate surface area is 113 Å². The Morgan fingerprint density at radius 2 is 2.00 bits per heavy atom. The van der Waals surface area contributed by atoms with E-state index in [1.807, 2.05) is 0 Å². The Kier molecular flexibility index (Phi) is 4.71. The summed E-state index contributed by atoms with van der Waals surface area (Å²) in [6.45, 7) is 10.6. The zero-order chi connectivity index (χ0) is 13.2. The molecule has 2 heteroatoms. The highest BCUT2D eigenvalue weighted by Gasteiger charge is 2.41. The van der Waals surface area contributed by atoms with E-state index in [2.05, 4.69) is 25.7 Å². The highest BCUT2D eigenvalue weighted by Crippen LogP contribution is 2.40. The van der Waals surface area contributed by atoms with Gasteiger partial charge in [0, 0.05) is 18.6 Å². The first-order chi connectivity index (χ1) is 8.61. The van der Waals surface area contributed by atoms with Crippen molar-refractivity contribution in [1.29, 1.82) is 0 Å². The summed E-state index contributed by atoms with van der Waals surface area (Å²) in [7, 11) is 0. The molecule has 2 nitrogen and oxygen atoms in total. The van der Waals surface area contributed by atoms with Gasteiger partial charge in [0.2, 0.25) is 0 Å². The van der Waals surface area contributed by atoms with E-state index in [4.69, 9.17) is 5.73 Å². The third kappa shape index (κ3) is 2.75. The summed E-state index contributed by atoms with van der Waals surface area (Å²) in [5, 5.41) is 0. The van der Waals surface area contributed by atoms with Crippen LogP contribution in [0.15, 0.2) is 0 Å².